The first-order valence-electron chi connectivity index (χ1n) is 9.59. The van der Waals surface area contributed by atoms with Crippen molar-refractivity contribution in [2.45, 2.75) is 38.5 Å². The molecule has 5 rings (SSSR count). The van der Waals surface area contributed by atoms with Gasteiger partial charge in [-0.15, -0.1) is 22.8 Å². The first-order valence-corrected chi connectivity index (χ1v) is 9.59. The molecule has 0 atom stereocenters. The summed E-state index contributed by atoms with van der Waals surface area (Å²) in [4.78, 5) is 19.4. The summed E-state index contributed by atoms with van der Waals surface area (Å²) in [7, 11) is 0. The zero-order chi connectivity index (χ0) is 19.5. The molecule has 1 radical (unpaired) electrons. The van der Waals surface area contributed by atoms with E-state index in [2.05, 4.69) is 76.3 Å². The van der Waals surface area contributed by atoms with E-state index in [4.69, 9.17) is 20.0 Å². The number of aromatic nitrogens is 2. The Morgan fingerprint density at radius 1 is 0.621 bits per heavy atom. The third kappa shape index (κ3) is 3.24. The standard InChI is InChI=1S/C24H22N4.Co/c1-23(2)19-9-5-15(25-19)13-17-7-11-21(27-17)24(3,4)22-12-8-18(28-22)14-16-6-10-20(23)26-16;/h5-14H,1-4H3;/q-2;+2/b15-13-,18-14-;. The molecule has 3 aliphatic rings. The van der Waals surface area contributed by atoms with Crippen LogP contribution in [0.5, 0.6) is 0 Å². The van der Waals surface area contributed by atoms with Gasteiger partial charge in [-0.25, -0.2) is 0 Å². The van der Waals surface area contributed by atoms with Crippen LogP contribution in [0.3, 0.4) is 0 Å². The van der Waals surface area contributed by atoms with Crippen LogP contribution in [-0.4, -0.2) is 11.4 Å². The van der Waals surface area contributed by atoms with Gasteiger partial charge in [0.15, 0.2) is 0 Å². The third-order valence-corrected chi connectivity index (χ3v) is 5.80. The molecule has 0 unspecified atom stereocenters. The molecule has 0 spiro atoms. The zero-order valence-corrected chi connectivity index (χ0v) is 17.9. The zero-order valence-electron chi connectivity index (χ0n) is 16.9. The predicted molar refractivity (Wildman–Crippen MR) is 115 cm³/mol. The fourth-order valence-corrected chi connectivity index (χ4v) is 3.79. The van der Waals surface area contributed by atoms with Crippen LogP contribution < -0.4 is 9.97 Å². The largest absolute Gasteiger partial charge is 2.00 e. The number of hydrogen-bond acceptors (Lipinski definition) is 2. The van der Waals surface area contributed by atoms with Crippen molar-refractivity contribution in [3.63, 3.8) is 0 Å². The fourth-order valence-electron chi connectivity index (χ4n) is 3.79. The molecule has 2 aromatic heterocycles. The van der Waals surface area contributed by atoms with Gasteiger partial charge in [-0.05, 0) is 24.3 Å². The number of nitrogens with zero attached hydrogens (tertiary/aromatic N) is 4. The van der Waals surface area contributed by atoms with Crippen LogP contribution in [0.25, 0.3) is 12.2 Å². The van der Waals surface area contributed by atoms with Crippen molar-refractivity contribution in [3.8, 4) is 0 Å². The second-order valence-corrected chi connectivity index (χ2v) is 8.56. The normalized spacial score (nSPS) is 24.1. The van der Waals surface area contributed by atoms with Gasteiger partial charge in [-0.2, -0.15) is 0 Å². The van der Waals surface area contributed by atoms with Crippen LogP contribution in [0.2, 0.25) is 0 Å². The van der Waals surface area contributed by atoms with Gasteiger partial charge in [-0.3, -0.25) is 9.98 Å². The molecule has 147 valence electrons. The van der Waals surface area contributed by atoms with Crippen LogP contribution >= 0.6 is 0 Å². The van der Waals surface area contributed by atoms with E-state index in [-0.39, 0.29) is 27.6 Å². The van der Waals surface area contributed by atoms with E-state index < -0.39 is 0 Å². The van der Waals surface area contributed by atoms with E-state index in [9.17, 15) is 0 Å². The maximum atomic E-state index is 4.85. The summed E-state index contributed by atoms with van der Waals surface area (Å²) >= 11 is 0. The molecular formula is C24H22CoN4. The Bertz CT molecular complexity index is 1070. The minimum Gasteiger partial charge on any atom is -0.660 e. The number of rotatable bonds is 0. The first-order chi connectivity index (χ1) is 13.3. The van der Waals surface area contributed by atoms with E-state index in [0.29, 0.717) is 0 Å². The molecule has 4 nitrogen and oxygen atoms in total. The minimum atomic E-state index is -0.271. The summed E-state index contributed by atoms with van der Waals surface area (Å²) in [5, 5.41) is 0. The molecule has 29 heavy (non-hydrogen) atoms. The summed E-state index contributed by atoms with van der Waals surface area (Å²) in [6.07, 6.45) is 12.3. The van der Waals surface area contributed by atoms with Crippen LogP contribution in [0.1, 0.15) is 50.5 Å². The summed E-state index contributed by atoms with van der Waals surface area (Å²) in [5.41, 5.74) is 7.18. The van der Waals surface area contributed by atoms with Crippen molar-refractivity contribution < 1.29 is 16.8 Å². The molecule has 8 bridgehead atoms. The van der Waals surface area contributed by atoms with E-state index in [1.807, 2.05) is 12.2 Å². The summed E-state index contributed by atoms with van der Waals surface area (Å²) in [6, 6.07) is 8.27. The topological polar surface area (TPSA) is 52.9 Å². The monoisotopic (exact) mass is 425 g/mol. The van der Waals surface area contributed by atoms with Gasteiger partial charge in [0.1, 0.15) is 0 Å². The Balaban J connectivity index is 0.00000205. The molecule has 3 aliphatic heterocycles. The van der Waals surface area contributed by atoms with Crippen molar-refractivity contribution in [1.82, 2.24) is 9.97 Å². The van der Waals surface area contributed by atoms with Crippen molar-refractivity contribution in [2.24, 2.45) is 9.98 Å². The molecule has 0 N–H and O–H groups in total. The Morgan fingerprint density at radius 2 is 1.03 bits per heavy atom. The van der Waals surface area contributed by atoms with Gasteiger partial charge in [0.25, 0.3) is 0 Å². The van der Waals surface area contributed by atoms with Gasteiger partial charge in [0.2, 0.25) is 0 Å². The summed E-state index contributed by atoms with van der Waals surface area (Å²) in [5.74, 6) is 0. The number of aliphatic imine (C=N–C) groups is 2. The Kier molecular flexibility index (Phi) is 4.55. The van der Waals surface area contributed by atoms with Gasteiger partial charge in [0, 0.05) is 22.3 Å². The Labute approximate surface area is 181 Å². The van der Waals surface area contributed by atoms with E-state index in [0.717, 1.165) is 45.6 Å². The predicted octanol–water partition coefficient (Wildman–Crippen LogP) is 4.57. The Hall–Kier alpha value is -2.63. The number of hydrogen-bond donors (Lipinski definition) is 0. The second kappa shape index (κ2) is 6.71. The molecule has 0 saturated carbocycles. The van der Waals surface area contributed by atoms with E-state index >= 15 is 0 Å². The molecule has 0 fully saturated rings. The third-order valence-electron chi connectivity index (χ3n) is 5.80. The SMILES string of the molecule is CC1(C)C2=N/C(=C\c3ccc([n-]3)C(C)(C)C3=N/C(=C\c4ccc1[n-]4)C=C3)C=C2.[Co+2]. The van der Waals surface area contributed by atoms with Crippen LogP contribution in [0, 0.1) is 0 Å². The van der Waals surface area contributed by atoms with Crippen LogP contribution in [-0.2, 0) is 27.6 Å². The average molecular weight is 425 g/mol. The first kappa shape index (κ1) is 19.7. The molecule has 0 aromatic carbocycles. The minimum absolute atomic E-state index is 0. The maximum absolute atomic E-state index is 4.85. The maximum Gasteiger partial charge on any atom is 2.00 e. The molecule has 2 aromatic rings. The average Bonchev–Trinajstić information content (AvgIpc) is 3.42. The van der Waals surface area contributed by atoms with Gasteiger partial charge in [-0.1, -0.05) is 64.1 Å². The molecule has 0 saturated heterocycles. The molecule has 0 amide bonds. The van der Waals surface area contributed by atoms with Crippen molar-refractivity contribution in [2.75, 3.05) is 0 Å². The van der Waals surface area contributed by atoms with Gasteiger partial charge >= 0.3 is 16.8 Å². The van der Waals surface area contributed by atoms with Crippen molar-refractivity contribution in [3.05, 3.63) is 82.7 Å². The smallest absolute Gasteiger partial charge is 0.660 e. The van der Waals surface area contributed by atoms with E-state index in [1.54, 1.807) is 0 Å². The molecule has 5 heterocycles. The van der Waals surface area contributed by atoms with Crippen molar-refractivity contribution >= 4 is 23.6 Å². The molecule has 5 heteroatoms. The number of allylic oxidation sites excluding steroid dienone is 4. The summed E-state index contributed by atoms with van der Waals surface area (Å²) < 4.78 is 0. The molecular weight excluding hydrogens is 403 g/mol. The number of fused-ring (bicyclic) bond motifs is 6. The molecule has 0 aliphatic carbocycles. The van der Waals surface area contributed by atoms with Gasteiger partial charge < -0.3 is 9.97 Å². The van der Waals surface area contributed by atoms with Gasteiger partial charge in [0.05, 0.1) is 11.4 Å². The van der Waals surface area contributed by atoms with Crippen LogP contribution in [0.4, 0.5) is 0 Å². The van der Waals surface area contributed by atoms with Crippen LogP contribution in [0.15, 0.2) is 69.9 Å². The van der Waals surface area contributed by atoms with E-state index in [1.165, 1.54) is 0 Å². The second-order valence-electron chi connectivity index (χ2n) is 8.56. The summed E-state index contributed by atoms with van der Waals surface area (Å²) in [6.45, 7) is 8.65. The fraction of sp³-hybridized carbons (Fsp3) is 0.250. The Morgan fingerprint density at radius 3 is 1.45 bits per heavy atom. The quantitative estimate of drug-likeness (QED) is 0.621. The van der Waals surface area contributed by atoms with Crippen molar-refractivity contribution in [1.29, 1.82) is 0 Å².